The molecule has 1 saturated carbocycles. The van der Waals surface area contributed by atoms with E-state index >= 15 is 0 Å². The van der Waals surface area contributed by atoms with E-state index in [1.165, 1.54) is 12.0 Å². The molecule has 2 heteroatoms. The molecule has 0 aliphatic heterocycles. The van der Waals surface area contributed by atoms with Gasteiger partial charge in [-0.3, -0.25) is 5.32 Å². The zero-order valence-electron chi connectivity index (χ0n) is 12.2. The second-order valence-electron chi connectivity index (χ2n) is 6.10. The van der Waals surface area contributed by atoms with Crippen LogP contribution in [0.3, 0.4) is 0 Å². The summed E-state index contributed by atoms with van der Waals surface area (Å²) in [5.41, 5.74) is 0.912. The summed E-state index contributed by atoms with van der Waals surface area (Å²) in [6, 6.07) is 13.2. The van der Waals surface area contributed by atoms with Crippen LogP contribution in [0.25, 0.3) is 0 Å². The first-order valence-electron chi connectivity index (χ1n) is 7.33. The number of benzene rings is 1. The van der Waals surface area contributed by atoms with Crippen molar-refractivity contribution in [3.05, 3.63) is 35.9 Å². The molecule has 0 amide bonds. The van der Waals surface area contributed by atoms with Gasteiger partial charge < -0.3 is 0 Å². The highest BCUT2D eigenvalue weighted by Gasteiger charge is 2.45. The summed E-state index contributed by atoms with van der Waals surface area (Å²) in [7, 11) is 0. The van der Waals surface area contributed by atoms with Gasteiger partial charge >= 0.3 is 0 Å². The van der Waals surface area contributed by atoms with Gasteiger partial charge in [-0.1, -0.05) is 50.6 Å². The maximum absolute atomic E-state index is 9.72. The van der Waals surface area contributed by atoms with Crippen LogP contribution in [0.4, 0.5) is 0 Å². The van der Waals surface area contributed by atoms with E-state index in [1.807, 2.05) is 6.07 Å². The summed E-state index contributed by atoms with van der Waals surface area (Å²) >= 11 is 0. The smallest absolute Gasteiger partial charge is 0.110 e. The van der Waals surface area contributed by atoms with Crippen LogP contribution in [0, 0.1) is 23.2 Å². The van der Waals surface area contributed by atoms with Gasteiger partial charge in [0.25, 0.3) is 0 Å². The van der Waals surface area contributed by atoms with Gasteiger partial charge in [0.05, 0.1) is 6.07 Å². The van der Waals surface area contributed by atoms with E-state index in [-0.39, 0.29) is 11.6 Å². The average molecular weight is 256 g/mol. The molecule has 0 saturated heterocycles. The lowest BCUT2D eigenvalue weighted by atomic mass is 9.80. The van der Waals surface area contributed by atoms with Crippen molar-refractivity contribution in [3.63, 3.8) is 0 Å². The van der Waals surface area contributed by atoms with Crippen LogP contribution in [0.5, 0.6) is 0 Å². The minimum atomic E-state index is -0.344. The van der Waals surface area contributed by atoms with Gasteiger partial charge in [0, 0.05) is 6.04 Å². The largest absolute Gasteiger partial charge is 0.293 e. The fourth-order valence-electron chi connectivity index (χ4n) is 3.50. The molecule has 0 heterocycles. The van der Waals surface area contributed by atoms with Crippen molar-refractivity contribution in [2.45, 2.75) is 51.6 Å². The molecule has 2 rings (SSSR count). The molecule has 1 N–H and O–H groups in total. The van der Waals surface area contributed by atoms with E-state index < -0.39 is 0 Å². The second-order valence-corrected chi connectivity index (χ2v) is 6.10. The molecule has 0 radical (unpaired) electrons. The van der Waals surface area contributed by atoms with Gasteiger partial charge in [0.2, 0.25) is 0 Å². The summed E-state index contributed by atoms with van der Waals surface area (Å²) in [4.78, 5) is 0. The summed E-state index contributed by atoms with van der Waals surface area (Å²) in [5.74, 6) is 1.02. The SMILES string of the molecule is CC(C)[C@H]1CCC[C@]1(C#N)N[C@H](C)c1ccccc1. The van der Waals surface area contributed by atoms with Crippen LogP contribution in [0.2, 0.25) is 0 Å². The van der Waals surface area contributed by atoms with E-state index in [0.717, 1.165) is 12.8 Å². The molecule has 1 aromatic rings. The molecule has 19 heavy (non-hydrogen) atoms. The van der Waals surface area contributed by atoms with E-state index in [9.17, 15) is 5.26 Å². The average Bonchev–Trinajstić information content (AvgIpc) is 2.84. The quantitative estimate of drug-likeness (QED) is 0.882. The Morgan fingerprint density at radius 1 is 1.26 bits per heavy atom. The minimum absolute atomic E-state index is 0.222. The molecular weight excluding hydrogens is 232 g/mol. The molecule has 1 aromatic carbocycles. The van der Waals surface area contributed by atoms with Gasteiger partial charge in [-0.2, -0.15) is 5.26 Å². The highest BCUT2D eigenvalue weighted by molar-refractivity contribution is 5.22. The lowest BCUT2D eigenvalue weighted by Gasteiger charge is -2.35. The van der Waals surface area contributed by atoms with Crippen molar-refractivity contribution in [2.75, 3.05) is 0 Å². The molecule has 0 aromatic heterocycles. The molecule has 0 spiro atoms. The lowest BCUT2D eigenvalue weighted by Crippen LogP contribution is -2.49. The Bertz CT molecular complexity index is 446. The number of hydrogen-bond donors (Lipinski definition) is 1. The Kier molecular flexibility index (Phi) is 4.27. The molecule has 0 unspecified atom stereocenters. The van der Waals surface area contributed by atoms with Gasteiger partial charge in [0.1, 0.15) is 5.54 Å². The Balaban J connectivity index is 2.17. The molecular formula is C17H24N2. The number of nitrogens with zero attached hydrogens (tertiary/aromatic N) is 1. The maximum Gasteiger partial charge on any atom is 0.110 e. The highest BCUT2D eigenvalue weighted by Crippen LogP contribution is 2.41. The topological polar surface area (TPSA) is 35.8 Å². The standard InChI is InChI=1S/C17H24N2/c1-13(2)16-10-7-11-17(16,12-18)19-14(3)15-8-5-4-6-9-15/h4-6,8-9,13-14,16,19H,7,10-11H2,1-3H3/t14-,16-,17-/m1/s1. The summed E-state index contributed by atoms with van der Waals surface area (Å²) in [6.07, 6.45) is 3.30. The fraction of sp³-hybridized carbons (Fsp3) is 0.588. The monoisotopic (exact) mass is 256 g/mol. The first-order chi connectivity index (χ1) is 9.09. The number of nitriles is 1. The van der Waals surface area contributed by atoms with Crippen LogP contribution in [0.1, 0.15) is 51.6 Å². The second kappa shape index (κ2) is 5.75. The molecule has 2 nitrogen and oxygen atoms in total. The van der Waals surface area contributed by atoms with Crippen LogP contribution >= 0.6 is 0 Å². The minimum Gasteiger partial charge on any atom is -0.293 e. The number of rotatable bonds is 4. The molecule has 1 aliphatic rings. The van der Waals surface area contributed by atoms with Crippen molar-refractivity contribution in [1.29, 1.82) is 5.26 Å². The summed E-state index contributed by atoms with van der Waals surface area (Å²) in [5, 5.41) is 13.3. The fourth-order valence-corrected chi connectivity index (χ4v) is 3.50. The zero-order valence-corrected chi connectivity index (χ0v) is 12.2. The summed E-state index contributed by atoms with van der Waals surface area (Å²) < 4.78 is 0. The van der Waals surface area contributed by atoms with Crippen molar-refractivity contribution in [1.82, 2.24) is 5.32 Å². The molecule has 102 valence electrons. The van der Waals surface area contributed by atoms with Gasteiger partial charge in [0.15, 0.2) is 0 Å². The molecule has 1 aliphatic carbocycles. The molecule has 1 fully saturated rings. The Morgan fingerprint density at radius 2 is 1.95 bits per heavy atom. The van der Waals surface area contributed by atoms with Crippen LogP contribution in [0.15, 0.2) is 30.3 Å². The van der Waals surface area contributed by atoms with Crippen molar-refractivity contribution >= 4 is 0 Å². The third-order valence-corrected chi connectivity index (χ3v) is 4.50. The maximum atomic E-state index is 9.72. The van der Waals surface area contributed by atoms with Crippen molar-refractivity contribution < 1.29 is 0 Å². The van der Waals surface area contributed by atoms with Crippen LogP contribution in [-0.4, -0.2) is 5.54 Å². The lowest BCUT2D eigenvalue weighted by molar-refractivity contribution is 0.233. The number of hydrogen-bond acceptors (Lipinski definition) is 2. The molecule has 0 bridgehead atoms. The van der Waals surface area contributed by atoms with E-state index in [1.54, 1.807) is 0 Å². The van der Waals surface area contributed by atoms with E-state index in [2.05, 4.69) is 56.4 Å². The van der Waals surface area contributed by atoms with Crippen LogP contribution in [-0.2, 0) is 0 Å². The molecule has 3 atom stereocenters. The third kappa shape index (κ3) is 2.82. The van der Waals surface area contributed by atoms with E-state index in [0.29, 0.717) is 11.8 Å². The van der Waals surface area contributed by atoms with Crippen LogP contribution < -0.4 is 5.32 Å². The zero-order chi connectivity index (χ0) is 13.9. The first-order valence-corrected chi connectivity index (χ1v) is 7.33. The van der Waals surface area contributed by atoms with Gasteiger partial charge in [-0.15, -0.1) is 0 Å². The van der Waals surface area contributed by atoms with Crippen molar-refractivity contribution in [2.24, 2.45) is 11.8 Å². The predicted octanol–water partition coefficient (Wildman–Crippen LogP) is 4.06. The predicted molar refractivity (Wildman–Crippen MR) is 78.5 cm³/mol. The Morgan fingerprint density at radius 3 is 2.53 bits per heavy atom. The normalized spacial score (nSPS) is 28.3. The highest BCUT2D eigenvalue weighted by atomic mass is 15.0. The summed E-state index contributed by atoms with van der Waals surface area (Å²) in [6.45, 7) is 6.62. The van der Waals surface area contributed by atoms with Gasteiger partial charge in [-0.05, 0) is 37.2 Å². The van der Waals surface area contributed by atoms with Gasteiger partial charge in [-0.25, -0.2) is 0 Å². The third-order valence-electron chi connectivity index (χ3n) is 4.50. The Hall–Kier alpha value is -1.33. The first kappa shape index (κ1) is 14.1. The van der Waals surface area contributed by atoms with E-state index in [4.69, 9.17) is 0 Å². The van der Waals surface area contributed by atoms with Crippen molar-refractivity contribution in [3.8, 4) is 6.07 Å². The number of nitrogens with one attached hydrogen (secondary N) is 1. The Labute approximate surface area is 116 Å².